The highest BCUT2D eigenvalue weighted by molar-refractivity contribution is 6.34. The number of halogens is 1. The molecule has 36 heavy (non-hydrogen) atoms. The molecule has 5 aliphatic rings. The summed E-state index contributed by atoms with van der Waals surface area (Å²) in [7, 11) is 3.95. The lowest BCUT2D eigenvalue weighted by molar-refractivity contribution is -0.161. The molecule has 3 heterocycles. The van der Waals surface area contributed by atoms with Crippen LogP contribution in [0.25, 0.3) is 16.3 Å². The van der Waals surface area contributed by atoms with Crippen molar-refractivity contribution in [2.45, 2.75) is 68.5 Å². The maximum Gasteiger partial charge on any atom is 0.136 e. The van der Waals surface area contributed by atoms with Crippen LogP contribution in [0.2, 0.25) is 5.15 Å². The highest BCUT2D eigenvalue weighted by Crippen LogP contribution is 2.67. The van der Waals surface area contributed by atoms with Crippen LogP contribution in [-0.2, 0) is 4.74 Å². The molecule has 7 atom stereocenters. The van der Waals surface area contributed by atoms with E-state index >= 15 is 0 Å². The third-order valence-corrected chi connectivity index (χ3v) is 10.4. The van der Waals surface area contributed by atoms with Crippen molar-refractivity contribution in [3.8, 4) is 0 Å². The minimum atomic E-state index is -0.896. The van der Waals surface area contributed by atoms with Crippen molar-refractivity contribution in [2.75, 3.05) is 14.1 Å². The molecule has 7 rings (SSSR count). The van der Waals surface area contributed by atoms with Gasteiger partial charge in [-0.25, -0.2) is 4.98 Å². The Kier molecular flexibility index (Phi) is 4.83. The first kappa shape index (κ1) is 23.1. The van der Waals surface area contributed by atoms with E-state index in [2.05, 4.69) is 48.3 Å². The summed E-state index contributed by atoms with van der Waals surface area (Å²) in [6, 6.07) is 8.41. The molecule has 188 valence electrons. The van der Waals surface area contributed by atoms with E-state index in [1.807, 2.05) is 25.1 Å². The third-order valence-electron chi connectivity index (χ3n) is 10.1. The topological polar surface area (TPSA) is 65.8 Å². The minimum absolute atomic E-state index is 0.0430. The number of aliphatic hydroxyl groups is 2. The van der Waals surface area contributed by atoms with Crippen molar-refractivity contribution in [1.82, 2.24) is 9.88 Å². The zero-order valence-electron chi connectivity index (χ0n) is 21.0. The van der Waals surface area contributed by atoms with Crippen molar-refractivity contribution < 1.29 is 14.9 Å². The molecule has 3 aliphatic carbocycles. The molecule has 1 aromatic carbocycles. The van der Waals surface area contributed by atoms with Crippen LogP contribution in [0.15, 0.2) is 59.8 Å². The monoisotopic (exact) mass is 504 g/mol. The summed E-state index contributed by atoms with van der Waals surface area (Å²) in [5, 5.41) is 24.7. The Bertz CT molecular complexity index is 1380. The number of allylic oxidation sites excluding steroid dienone is 3. The quantitative estimate of drug-likeness (QED) is 0.569. The average Bonchev–Trinajstić information content (AvgIpc) is 3.37. The zero-order valence-corrected chi connectivity index (χ0v) is 21.8. The number of benzene rings is 1. The van der Waals surface area contributed by atoms with Gasteiger partial charge in [-0.3, -0.25) is 0 Å². The van der Waals surface area contributed by atoms with Gasteiger partial charge in [0.05, 0.1) is 17.3 Å². The van der Waals surface area contributed by atoms with E-state index in [-0.39, 0.29) is 17.1 Å². The molecule has 2 aromatic rings. The number of rotatable bonds is 2. The standard InChI is InChI=1S/C30H33ClN2O3/c1-28-10-8-19-15-22-25(34)26(35)23(33(2)3)16-29(22)11-12-30(19,36-29)24(28)7-6-21(28)18-4-5-20-17(14-18)9-13-32-27(20)31/h4-6,8-9,13-15,23-26,34-35H,7,10-12,16H2,1-3H3/t23-,24?,25+,26+,28+,29+,30+/m0/s1. The first-order valence-electron chi connectivity index (χ1n) is 13.1. The van der Waals surface area contributed by atoms with Gasteiger partial charge in [0.25, 0.3) is 0 Å². The highest BCUT2D eigenvalue weighted by atomic mass is 35.5. The molecule has 2 aliphatic heterocycles. The van der Waals surface area contributed by atoms with Crippen LogP contribution in [0.1, 0.15) is 44.6 Å². The average molecular weight is 505 g/mol. The molecule has 0 amide bonds. The molecule has 2 spiro atoms. The summed E-state index contributed by atoms with van der Waals surface area (Å²) >= 11 is 6.34. The number of likely N-dealkylation sites (N-methyl/N-ethyl adjacent to an activating group) is 1. The summed E-state index contributed by atoms with van der Waals surface area (Å²) < 4.78 is 7.24. The van der Waals surface area contributed by atoms with Gasteiger partial charge in [0.1, 0.15) is 11.3 Å². The summed E-state index contributed by atoms with van der Waals surface area (Å²) in [5.41, 5.74) is 3.81. The number of pyridine rings is 1. The van der Waals surface area contributed by atoms with Gasteiger partial charge >= 0.3 is 0 Å². The predicted octanol–water partition coefficient (Wildman–Crippen LogP) is 4.91. The maximum atomic E-state index is 11.2. The van der Waals surface area contributed by atoms with Gasteiger partial charge in [-0.1, -0.05) is 48.9 Å². The van der Waals surface area contributed by atoms with Crippen LogP contribution in [0.4, 0.5) is 0 Å². The largest absolute Gasteiger partial charge is 0.388 e. The van der Waals surface area contributed by atoms with E-state index in [1.165, 1.54) is 16.7 Å². The maximum absolute atomic E-state index is 11.2. The fourth-order valence-electron chi connectivity index (χ4n) is 8.25. The van der Waals surface area contributed by atoms with Crippen molar-refractivity contribution in [1.29, 1.82) is 0 Å². The predicted molar refractivity (Wildman–Crippen MR) is 142 cm³/mol. The number of fused-ring (bicyclic) bond motifs is 2. The number of hydrogen-bond acceptors (Lipinski definition) is 5. The fourth-order valence-corrected chi connectivity index (χ4v) is 8.48. The van der Waals surface area contributed by atoms with E-state index in [0.717, 1.165) is 42.0 Å². The minimum Gasteiger partial charge on any atom is -0.388 e. The molecule has 2 N–H and O–H groups in total. The van der Waals surface area contributed by atoms with E-state index in [1.54, 1.807) is 6.20 Å². The fraction of sp³-hybridized carbons (Fsp3) is 0.500. The number of nitrogens with zero attached hydrogens (tertiary/aromatic N) is 2. The molecule has 6 heteroatoms. The molecule has 1 unspecified atom stereocenters. The number of ether oxygens (including phenoxy) is 1. The molecule has 2 bridgehead atoms. The van der Waals surface area contributed by atoms with E-state index in [4.69, 9.17) is 16.3 Å². The van der Waals surface area contributed by atoms with Crippen molar-refractivity contribution in [3.05, 3.63) is 70.6 Å². The van der Waals surface area contributed by atoms with Gasteiger partial charge in [-0.2, -0.15) is 0 Å². The Balaban J connectivity index is 1.30. The lowest BCUT2D eigenvalue weighted by Gasteiger charge is -2.55. The first-order chi connectivity index (χ1) is 17.2. The Morgan fingerprint density at radius 3 is 2.78 bits per heavy atom. The molecule has 1 saturated heterocycles. The normalized spacial score (nSPS) is 40.9. The SMILES string of the molecule is CN(C)[C@H]1C[C@@]23CC[C@@]4(O2)C(=CC[C@]2(C)C(c5ccc6c(Cl)nccc6c5)=CCC24)C=C3[C@@H](O)[C@@H]1O. The molecule has 1 aromatic heterocycles. The highest BCUT2D eigenvalue weighted by Gasteiger charge is 2.67. The van der Waals surface area contributed by atoms with Crippen LogP contribution in [0.5, 0.6) is 0 Å². The van der Waals surface area contributed by atoms with Crippen molar-refractivity contribution in [3.63, 3.8) is 0 Å². The first-order valence-corrected chi connectivity index (χ1v) is 13.5. The van der Waals surface area contributed by atoms with Crippen LogP contribution in [0, 0.1) is 11.3 Å². The summed E-state index contributed by atoms with van der Waals surface area (Å²) in [6.07, 6.45) is 11.5. The Morgan fingerprint density at radius 1 is 1.14 bits per heavy atom. The van der Waals surface area contributed by atoms with Crippen LogP contribution in [0.3, 0.4) is 0 Å². The van der Waals surface area contributed by atoms with E-state index in [0.29, 0.717) is 17.5 Å². The van der Waals surface area contributed by atoms with E-state index < -0.39 is 17.8 Å². The van der Waals surface area contributed by atoms with Crippen molar-refractivity contribution in [2.24, 2.45) is 11.3 Å². The van der Waals surface area contributed by atoms with Crippen LogP contribution >= 0.6 is 11.6 Å². The lowest BCUT2D eigenvalue weighted by Crippen LogP contribution is -2.61. The third kappa shape index (κ3) is 2.84. The molecule has 2 fully saturated rings. The van der Waals surface area contributed by atoms with Crippen molar-refractivity contribution >= 4 is 27.9 Å². The number of hydrogen-bond donors (Lipinski definition) is 2. The summed E-state index contributed by atoms with van der Waals surface area (Å²) in [4.78, 5) is 6.26. The van der Waals surface area contributed by atoms with Gasteiger partial charge in [0, 0.05) is 29.0 Å². The van der Waals surface area contributed by atoms with Crippen LogP contribution in [-0.4, -0.2) is 63.6 Å². The smallest absolute Gasteiger partial charge is 0.136 e. The van der Waals surface area contributed by atoms with E-state index in [9.17, 15) is 10.2 Å². The summed E-state index contributed by atoms with van der Waals surface area (Å²) in [6.45, 7) is 2.40. The number of aromatic nitrogens is 1. The number of aliphatic hydroxyl groups excluding tert-OH is 2. The van der Waals surface area contributed by atoms with Crippen LogP contribution < -0.4 is 0 Å². The lowest BCUT2D eigenvalue weighted by atomic mass is 9.58. The Labute approximate surface area is 217 Å². The summed E-state index contributed by atoms with van der Waals surface area (Å²) in [5.74, 6) is 0.329. The molecule has 1 saturated carbocycles. The molecule has 0 radical (unpaired) electrons. The second kappa shape index (κ2) is 7.52. The Morgan fingerprint density at radius 2 is 1.97 bits per heavy atom. The second-order valence-corrected chi connectivity index (χ2v) is 12.3. The zero-order chi connectivity index (χ0) is 25.0. The van der Waals surface area contributed by atoms with Gasteiger partial charge in [0.2, 0.25) is 0 Å². The molecular weight excluding hydrogens is 472 g/mol. The van der Waals surface area contributed by atoms with Gasteiger partial charge in [0.15, 0.2) is 0 Å². The van der Waals surface area contributed by atoms with Gasteiger partial charge < -0.3 is 19.8 Å². The van der Waals surface area contributed by atoms with Gasteiger partial charge in [-0.05, 0) is 86.0 Å². The molecular formula is C30H33ClN2O3. The second-order valence-electron chi connectivity index (χ2n) is 12.0. The Hall–Kier alpha value is -2.02. The molecule has 5 nitrogen and oxygen atoms in total. The van der Waals surface area contributed by atoms with Gasteiger partial charge in [-0.15, -0.1) is 0 Å².